The summed E-state index contributed by atoms with van der Waals surface area (Å²) in [6.07, 6.45) is 0.542. The summed E-state index contributed by atoms with van der Waals surface area (Å²) < 4.78 is 41.0. The number of azo groups is 1. The first kappa shape index (κ1) is 19.7. The second kappa shape index (κ2) is 8.73. The molecule has 140 valence electrons. The van der Waals surface area contributed by atoms with Gasteiger partial charge in [-0.3, -0.25) is 0 Å². The maximum atomic E-state index is 14.0. The fraction of sp³-hybridized carbons (Fsp3) is 0.0909. The van der Waals surface area contributed by atoms with Gasteiger partial charge in [0, 0.05) is 5.56 Å². The normalized spacial score (nSPS) is 10.8. The number of hydrogen-bond acceptors (Lipinski definition) is 2. The molecular weight excluding hydrogens is 385 g/mol. The van der Waals surface area contributed by atoms with Crippen molar-refractivity contribution in [3.8, 4) is 11.8 Å². The Balaban J connectivity index is 1.77. The largest absolute Gasteiger partial charge is 0.207 e. The first-order valence-corrected chi connectivity index (χ1v) is 8.81. The van der Waals surface area contributed by atoms with Gasteiger partial charge >= 0.3 is 0 Å². The molecule has 0 amide bonds. The monoisotopic (exact) mass is 398 g/mol. The Morgan fingerprint density at radius 1 is 0.857 bits per heavy atom. The van der Waals surface area contributed by atoms with Gasteiger partial charge in [-0.25, -0.2) is 13.2 Å². The summed E-state index contributed by atoms with van der Waals surface area (Å²) in [5.74, 6) is 3.46. The Morgan fingerprint density at radius 2 is 1.54 bits per heavy atom. The van der Waals surface area contributed by atoms with Crippen LogP contribution in [-0.4, -0.2) is 0 Å². The molecular formula is C22H14ClF3N2. The van der Waals surface area contributed by atoms with Gasteiger partial charge in [0.15, 0.2) is 0 Å². The lowest BCUT2D eigenvalue weighted by atomic mass is 10.1. The van der Waals surface area contributed by atoms with Gasteiger partial charge < -0.3 is 0 Å². The lowest BCUT2D eigenvalue weighted by Crippen LogP contribution is -1.93. The van der Waals surface area contributed by atoms with Gasteiger partial charge in [-0.15, -0.1) is 5.11 Å². The molecule has 0 saturated carbocycles. The van der Waals surface area contributed by atoms with E-state index >= 15 is 0 Å². The molecule has 0 spiro atoms. The fourth-order valence-corrected chi connectivity index (χ4v) is 2.57. The standard InChI is InChI=1S/C22H14ClF3N2/c1-2-14-11-20(25)18(21(26)12-14)9-5-15-3-7-17(8-4-15)27-28-22-10-6-16(24)13-19(22)23/h3-4,6-8,10-13H,2H2,1H3. The number of benzene rings is 3. The van der Waals surface area contributed by atoms with Gasteiger partial charge in [0.05, 0.1) is 16.3 Å². The Bertz CT molecular complexity index is 1070. The average molecular weight is 399 g/mol. The van der Waals surface area contributed by atoms with Crippen LogP contribution in [0.1, 0.15) is 23.6 Å². The highest BCUT2D eigenvalue weighted by molar-refractivity contribution is 6.32. The molecule has 2 nitrogen and oxygen atoms in total. The van der Waals surface area contributed by atoms with Gasteiger partial charge in [0.1, 0.15) is 23.1 Å². The molecule has 28 heavy (non-hydrogen) atoms. The molecule has 3 rings (SSSR count). The Kier molecular flexibility index (Phi) is 6.13. The minimum absolute atomic E-state index is 0.157. The second-order valence-electron chi connectivity index (χ2n) is 5.88. The molecule has 0 radical (unpaired) electrons. The van der Waals surface area contributed by atoms with Crippen LogP contribution in [0, 0.1) is 29.3 Å². The molecule has 0 heterocycles. The van der Waals surface area contributed by atoms with Crippen LogP contribution in [0.4, 0.5) is 24.5 Å². The first-order valence-electron chi connectivity index (χ1n) is 8.43. The number of halogens is 4. The van der Waals surface area contributed by atoms with Crippen LogP contribution in [0.3, 0.4) is 0 Å². The van der Waals surface area contributed by atoms with E-state index in [1.54, 1.807) is 24.3 Å². The lowest BCUT2D eigenvalue weighted by Gasteiger charge is -2.01. The highest BCUT2D eigenvalue weighted by Crippen LogP contribution is 2.27. The predicted molar refractivity (Wildman–Crippen MR) is 104 cm³/mol. The summed E-state index contributed by atoms with van der Waals surface area (Å²) in [5.41, 5.74) is 1.75. The summed E-state index contributed by atoms with van der Waals surface area (Å²) in [7, 11) is 0. The van der Waals surface area contributed by atoms with Crippen molar-refractivity contribution in [1.29, 1.82) is 0 Å². The van der Waals surface area contributed by atoms with Crippen LogP contribution < -0.4 is 0 Å². The highest BCUT2D eigenvalue weighted by Gasteiger charge is 2.08. The first-order chi connectivity index (χ1) is 13.5. The molecule has 0 aliphatic rings. The quantitative estimate of drug-likeness (QED) is 0.331. The Hall–Kier alpha value is -3.10. The summed E-state index contributed by atoms with van der Waals surface area (Å²) in [5, 5.41) is 8.15. The van der Waals surface area contributed by atoms with Crippen LogP contribution in [0.2, 0.25) is 5.02 Å². The van der Waals surface area contributed by atoms with Crippen molar-refractivity contribution in [2.75, 3.05) is 0 Å². The van der Waals surface area contributed by atoms with Gasteiger partial charge in [0.2, 0.25) is 0 Å². The van der Waals surface area contributed by atoms with Crippen LogP contribution in [0.25, 0.3) is 0 Å². The minimum Gasteiger partial charge on any atom is -0.207 e. The van der Waals surface area contributed by atoms with Gasteiger partial charge in [-0.2, -0.15) is 5.11 Å². The summed E-state index contributed by atoms with van der Waals surface area (Å²) in [6, 6.07) is 13.0. The zero-order valence-electron chi connectivity index (χ0n) is 14.8. The Morgan fingerprint density at radius 3 is 2.14 bits per heavy atom. The highest BCUT2D eigenvalue weighted by atomic mass is 35.5. The number of nitrogens with zero attached hydrogens (tertiary/aromatic N) is 2. The minimum atomic E-state index is -0.675. The van der Waals surface area contributed by atoms with E-state index in [4.69, 9.17) is 11.6 Å². The number of hydrogen-bond donors (Lipinski definition) is 0. The van der Waals surface area contributed by atoms with Crippen molar-refractivity contribution in [3.63, 3.8) is 0 Å². The molecule has 0 saturated heterocycles. The van der Waals surface area contributed by atoms with E-state index in [1.165, 1.54) is 24.3 Å². The van der Waals surface area contributed by atoms with Crippen molar-refractivity contribution >= 4 is 23.0 Å². The number of rotatable bonds is 3. The zero-order chi connectivity index (χ0) is 20.1. The van der Waals surface area contributed by atoms with Gasteiger partial charge in [0.25, 0.3) is 0 Å². The SMILES string of the molecule is CCc1cc(F)c(C#Cc2ccc(N=Nc3ccc(F)cc3Cl)cc2)c(F)c1. The summed E-state index contributed by atoms with van der Waals surface area (Å²) in [6.45, 7) is 1.82. The Labute approximate surface area is 165 Å². The van der Waals surface area contributed by atoms with E-state index < -0.39 is 17.5 Å². The smallest absolute Gasteiger partial charge is 0.142 e. The van der Waals surface area contributed by atoms with Crippen LogP contribution >= 0.6 is 11.6 Å². The molecule has 0 N–H and O–H groups in total. The number of aryl methyl sites for hydroxylation is 1. The van der Waals surface area contributed by atoms with Crippen LogP contribution in [0.15, 0.2) is 64.8 Å². The summed E-state index contributed by atoms with van der Waals surface area (Å²) >= 11 is 5.89. The topological polar surface area (TPSA) is 24.7 Å². The van der Waals surface area contributed by atoms with Crippen molar-refractivity contribution in [1.82, 2.24) is 0 Å². The third kappa shape index (κ3) is 4.79. The van der Waals surface area contributed by atoms with Crippen molar-refractivity contribution < 1.29 is 13.2 Å². The van der Waals surface area contributed by atoms with Crippen LogP contribution in [-0.2, 0) is 6.42 Å². The fourth-order valence-electron chi connectivity index (χ4n) is 2.37. The molecule has 0 unspecified atom stereocenters. The maximum Gasteiger partial charge on any atom is 0.142 e. The van der Waals surface area contributed by atoms with E-state index in [-0.39, 0.29) is 10.6 Å². The average Bonchev–Trinajstić information content (AvgIpc) is 2.67. The van der Waals surface area contributed by atoms with E-state index in [1.807, 2.05) is 6.92 Å². The van der Waals surface area contributed by atoms with Crippen molar-refractivity contribution in [3.05, 3.63) is 93.8 Å². The van der Waals surface area contributed by atoms with E-state index in [0.29, 0.717) is 28.9 Å². The second-order valence-corrected chi connectivity index (χ2v) is 6.29. The maximum absolute atomic E-state index is 14.0. The van der Waals surface area contributed by atoms with Crippen molar-refractivity contribution in [2.24, 2.45) is 10.2 Å². The molecule has 0 atom stereocenters. The molecule has 3 aromatic rings. The molecule has 0 aliphatic heterocycles. The molecule has 0 bridgehead atoms. The van der Waals surface area contributed by atoms with Gasteiger partial charge in [-0.05, 0) is 66.6 Å². The molecule has 3 aromatic carbocycles. The molecule has 0 aromatic heterocycles. The lowest BCUT2D eigenvalue weighted by molar-refractivity contribution is 0.574. The predicted octanol–water partition coefficient (Wildman–Crippen LogP) is 7.13. The van der Waals surface area contributed by atoms with Crippen LogP contribution in [0.5, 0.6) is 0 Å². The van der Waals surface area contributed by atoms with Crippen molar-refractivity contribution in [2.45, 2.75) is 13.3 Å². The van der Waals surface area contributed by atoms with E-state index in [2.05, 4.69) is 22.1 Å². The molecule has 0 fully saturated rings. The van der Waals surface area contributed by atoms with Gasteiger partial charge in [-0.1, -0.05) is 30.4 Å². The third-order valence-corrected chi connectivity index (χ3v) is 4.19. The molecule has 6 heteroatoms. The summed E-state index contributed by atoms with van der Waals surface area (Å²) in [4.78, 5) is 0. The molecule has 0 aliphatic carbocycles. The van der Waals surface area contributed by atoms with E-state index in [9.17, 15) is 13.2 Å². The van der Waals surface area contributed by atoms with E-state index in [0.717, 1.165) is 6.07 Å². The third-order valence-electron chi connectivity index (χ3n) is 3.89. The zero-order valence-corrected chi connectivity index (χ0v) is 15.6.